The van der Waals surface area contributed by atoms with Crippen LogP contribution in [0.25, 0.3) is 0 Å². The molecule has 0 amide bonds. The van der Waals surface area contributed by atoms with Crippen LogP contribution in [-0.2, 0) is 10.0 Å². The van der Waals surface area contributed by atoms with Gasteiger partial charge in [0.05, 0.1) is 6.04 Å². The van der Waals surface area contributed by atoms with Crippen LogP contribution in [0.1, 0.15) is 24.1 Å². The Bertz CT molecular complexity index is 1140. The summed E-state index contributed by atoms with van der Waals surface area (Å²) in [5.74, 6) is -1.40. The van der Waals surface area contributed by atoms with E-state index in [0.29, 0.717) is 21.8 Å². The summed E-state index contributed by atoms with van der Waals surface area (Å²) in [6.45, 7) is 3.31. The Balaban J connectivity index is 1.88. The first-order valence-corrected chi connectivity index (χ1v) is 10.3. The highest BCUT2D eigenvalue weighted by molar-refractivity contribution is 7.92. The van der Waals surface area contributed by atoms with Crippen molar-refractivity contribution in [2.75, 3.05) is 10.0 Å². The summed E-state index contributed by atoms with van der Waals surface area (Å²) in [6.07, 6.45) is 2.53. The molecule has 0 fully saturated rings. The predicted molar refractivity (Wildman–Crippen MR) is 107 cm³/mol. The smallest absolute Gasteiger partial charge is 0.265 e. The van der Waals surface area contributed by atoms with Crippen molar-refractivity contribution in [1.29, 1.82) is 0 Å². The van der Waals surface area contributed by atoms with Gasteiger partial charge in [-0.15, -0.1) is 0 Å². The Labute approximate surface area is 172 Å². The molecular formula is C19H17ClF2N4O2S. The average Bonchev–Trinajstić information content (AvgIpc) is 2.66. The lowest BCUT2D eigenvalue weighted by molar-refractivity contribution is 0.569. The highest BCUT2D eigenvalue weighted by Crippen LogP contribution is 2.29. The number of hydrogen-bond donors (Lipinski definition) is 2. The molecule has 3 rings (SSSR count). The van der Waals surface area contributed by atoms with Crippen molar-refractivity contribution < 1.29 is 17.2 Å². The van der Waals surface area contributed by atoms with Crippen LogP contribution in [0.2, 0.25) is 5.02 Å². The van der Waals surface area contributed by atoms with Gasteiger partial charge in [0.15, 0.2) is 0 Å². The lowest BCUT2D eigenvalue weighted by atomic mass is 10.1. The fraction of sp³-hybridized carbons (Fsp3) is 0.158. The highest BCUT2D eigenvalue weighted by Gasteiger charge is 2.22. The minimum Gasteiger partial charge on any atom is -0.378 e. The first kappa shape index (κ1) is 20.9. The summed E-state index contributed by atoms with van der Waals surface area (Å²) in [5, 5.41) is 3.36. The summed E-state index contributed by atoms with van der Waals surface area (Å²) in [5.41, 5.74) is 1.10. The second-order valence-electron chi connectivity index (χ2n) is 6.33. The van der Waals surface area contributed by atoms with E-state index in [-0.39, 0.29) is 5.82 Å². The first-order chi connectivity index (χ1) is 13.7. The lowest BCUT2D eigenvalue weighted by Crippen LogP contribution is -2.16. The number of sulfonamides is 1. The summed E-state index contributed by atoms with van der Waals surface area (Å²) in [7, 11) is -4.20. The third kappa shape index (κ3) is 4.80. The van der Waals surface area contributed by atoms with Gasteiger partial charge in [0.1, 0.15) is 28.7 Å². The van der Waals surface area contributed by atoms with Crippen molar-refractivity contribution in [3.8, 4) is 0 Å². The molecule has 0 spiro atoms. The highest BCUT2D eigenvalue weighted by atomic mass is 35.5. The maximum absolute atomic E-state index is 14.6. The molecule has 6 nitrogen and oxygen atoms in total. The maximum Gasteiger partial charge on any atom is 0.265 e. The van der Waals surface area contributed by atoms with Crippen molar-refractivity contribution in [3.05, 3.63) is 76.7 Å². The SMILES string of the molecule is Cc1cc(S(=O)(=O)Nc2ccncn2)c(F)cc1NC(C)c1cc(Cl)ccc1F. The fourth-order valence-electron chi connectivity index (χ4n) is 2.72. The van der Waals surface area contributed by atoms with E-state index in [1.54, 1.807) is 13.8 Å². The van der Waals surface area contributed by atoms with Crippen LogP contribution in [0.3, 0.4) is 0 Å². The monoisotopic (exact) mass is 438 g/mol. The van der Waals surface area contributed by atoms with Crippen molar-refractivity contribution in [1.82, 2.24) is 9.97 Å². The molecule has 2 aromatic carbocycles. The molecule has 0 aliphatic heterocycles. The van der Waals surface area contributed by atoms with Gasteiger partial charge in [0.25, 0.3) is 10.0 Å². The topological polar surface area (TPSA) is 84.0 Å². The Kier molecular flexibility index (Phi) is 5.99. The fourth-order valence-corrected chi connectivity index (χ4v) is 4.05. The molecule has 10 heteroatoms. The zero-order chi connectivity index (χ0) is 21.2. The predicted octanol–water partition coefficient (Wildman–Crippen LogP) is 4.69. The van der Waals surface area contributed by atoms with Crippen molar-refractivity contribution in [2.24, 2.45) is 0 Å². The Hall–Kier alpha value is -2.78. The Morgan fingerprint density at radius 3 is 2.55 bits per heavy atom. The van der Waals surface area contributed by atoms with Crippen LogP contribution in [0.5, 0.6) is 0 Å². The van der Waals surface area contributed by atoms with E-state index >= 15 is 0 Å². The molecule has 0 saturated heterocycles. The van der Waals surface area contributed by atoms with Gasteiger partial charge in [0.2, 0.25) is 0 Å². The van der Waals surface area contributed by atoms with Gasteiger partial charge in [-0.25, -0.2) is 27.2 Å². The van der Waals surface area contributed by atoms with Crippen molar-refractivity contribution in [3.63, 3.8) is 0 Å². The molecule has 1 aromatic heterocycles. The van der Waals surface area contributed by atoms with Gasteiger partial charge in [-0.2, -0.15) is 0 Å². The molecule has 29 heavy (non-hydrogen) atoms. The molecule has 152 valence electrons. The number of benzene rings is 2. The number of anilines is 2. The molecule has 0 aliphatic carbocycles. The van der Waals surface area contributed by atoms with E-state index < -0.39 is 32.6 Å². The van der Waals surface area contributed by atoms with E-state index in [9.17, 15) is 17.2 Å². The quantitative estimate of drug-likeness (QED) is 0.583. The van der Waals surface area contributed by atoms with Gasteiger partial charge in [0, 0.05) is 22.5 Å². The van der Waals surface area contributed by atoms with Crippen LogP contribution in [-0.4, -0.2) is 18.4 Å². The third-order valence-electron chi connectivity index (χ3n) is 4.19. The van der Waals surface area contributed by atoms with Crippen LogP contribution in [0.4, 0.5) is 20.3 Å². The number of aryl methyl sites for hydroxylation is 1. The molecule has 1 atom stereocenters. The van der Waals surface area contributed by atoms with Gasteiger partial charge >= 0.3 is 0 Å². The van der Waals surface area contributed by atoms with E-state index in [1.165, 1.54) is 42.9 Å². The summed E-state index contributed by atoms with van der Waals surface area (Å²) >= 11 is 5.92. The van der Waals surface area contributed by atoms with Crippen LogP contribution >= 0.6 is 11.6 Å². The second kappa shape index (κ2) is 8.30. The zero-order valence-corrected chi connectivity index (χ0v) is 17.0. The van der Waals surface area contributed by atoms with E-state index in [2.05, 4.69) is 20.0 Å². The Morgan fingerprint density at radius 1 is 1.10 bits per heavy atom. The number of rotatable bonds is 6. The molecule has 0 saturated carbocycles. The second-order valence-corrected chi connectivity index (χ2v) is 8.42. The van der Waals surface area contributed by atoms with Gasteiger partial charge < -0.3 is 5.32 Å². The van der Waals surface area contributed by atoms with E-state index in [0.717, 1.165) is 6.07 Å². The average molecular weight is 439 g/mol. The van der Waals surface area contributed by atoms with Crippen LogP contribution in [0.15, 0.2) is 53.8 Å². The Morgan fingerprint density at radius 2 is 1.86 bits per heavy atom. The molecule has 3 aromatic rings. The number of nitrogens with zero attached hydrogens (tertiary/aromatic N) is 2. The van der Waals surface area contributed by atoms with E-state index in [1.807, 2.05) is 0 Å². The normalized spacial score (nSPS) is 12.4. The van der Waals surface area contributed by atoms with Crippen LogP contribution in [0, 0.1) is 18.6 Å². The molecule has 2 N–H and O–H groups in total. The molecular weight excluding hydrogens is 422 g/mol. The molecule has 1 unspecified atom stereocenters. The van der Waals surface area contributed by atoms with Crippen LogP contribution < -0.4 is 10.0 Å². The van der Waals surface area contributed by atoms with Gasteiger partial charge in [-0.05, 0) is 55.8 Å². The summed E-state index contributed by atoms with van der Waals surface area (Å²) in [6, 6.07) is 7.23. The number of halogens is 3. The first-order valence-electron chi connectivity index (χ1n) is 8.48. The number of aromatic nitrogens is 2. The number of hydrogen-bond acceptors (Lipinski definition) is 5. The molecule has 0 bridgehead atoms. The standard InChI is InChI=1S/C19H17ClF2N4O2S/c1-11-7-18(29(27,28)26-19-5-6-23-10-24-19)16(22)9-17(11)25-12(2)14-8-13(20)3-4-15(14)21/h3-10,12,25H,1-2H3,(H,23,24,26). The molecule has 0 radical (unpaired) electrons. The third-order valence-corrected chi connectivity index (χ3v) is 5.79. The zero-order valence-electron chi connectivity index (χ0n) is 15.4. The molecule has 1 heterocycles. The molecule has 0 aliphatic rings. The largest absolute Gasteiger partial charge is 0.378 e. The van der Waals surface area contributed by atoms with Gasteiger partial charge in [-0.3, -0.25) is 4.72 Å². The summed E-state index contributed by atoms with van der Waals surface area (Å²) < 4.78 is 55.9. The number of nitrogens with one attached hydrogen (secondary N) is 2. The maximum atomic E-state index is 14.6. The van der Waals surface area contributed by atoms with E-state index in [4.69, 9.17) is 11.6 Å². The van der Waals surface area contributed by atoms with Gasteiger partial charge in [-0.1, -0.05) is 11.6 Å². The summed E-state index contributed by atoms with van der Waals surface area (Å²) in [4.78, 5) is 6.93. The van der Waals surface area contributed by atoms with Crippen molar-refractivity contribution in [2.45, 2.75) is 24.8 Å². The minimum atomic E-state index is -4.20. The minimum absolute atomic E-state index is 0.0179. The van der Waals surface area contributed by atoms with Crippen molar-refractivity contribution >= 4 is 33.1 Å². The lowest BCUT2D eigenvalue weighted by Gasteiger charge is -2.19.